The molecule has 3 atom stereocenters. The Morgan fingerprint density at radius 1 is 0.659 bits per heavy atom. The second-order valence-corrected chi connectivity index (χ2v) is 13.2. The lowest BCUT2D eigenvalue weighted by Gasteiger charge is -2.23. The maximum Gasteiger partial charge on any atom is 0.336 e. The third-order valence-corrected chi connectivity index (χ3v) is 6.42. The maximum absolute atomic E-state index is 13.3. The summed E-state index contributed by atoms with van der Waals surface area (Å²) in [5.41, 5.74) is 2.59. The molecule has 1 aromatic heterocycles. The first-order chi connectivity index (χ1) is 19.1. The van der Waals surface area contributed by atoms with Crippen molar-refractivity contribution in [2.24, 2.45) is 11.1 Å². The molecule has 0 spiro atoms. The lowest BCUT2D eigenvalue weighted by atomic mass is 9.89. The first kappa shape index (κ1) is 37.2. The van der Waals surface area contributed by atoms with Crippen LogP contribution >= 0.6 is 0 Å². The van der Waals surface area contributed by atoms with Crippen LogP contribution in [-0.4, -0.2) is 92.1 Å². The highest BCUT2D eigenvalue weighted by Gasteiger charge is 2.23. The quantitative estimate of drug-likeness (QED) is 0.0911. The Bertz CT molecular complexity index is 1050. The van der Waals surface area contributed by atoms with Gasteiger partial charge in [-0.25, -0.2) is 28.1 Å². The average molecular weight is 588 g/mol. The van der Waals surface area contributed by atoms with Crippen LogP contribution in [0.15, 0.2) is 14.4 Å². The summed E-state index contributed by atoms with van der Waals surface area (Å²) >= 11 is 0. The Hall–Kier alpha value is -1.87. The topological polar surface area (TPSA) is 189 Å². The molecule has 13 heteroatoms. The zero-order valence-corrected chi connectivity index (χ0v) is 26.1. The summed E-state index contributed by atoms with van der Waals surface area (Å²) in [6.07, 6.45) is 0.678. The standard InChI is InChI=1S/C28H57N7O6/c1-27(2,3)15-21(36)18-33-24(39)34(19-22(37)16-30-12-8-7-11-29)26(41)35(25(33)40)20-23(38)17-31-13-9-10-14-32-28(4,5)6/h21-23,30-32,36-38H,7-20,29H2,1-6H3. The molecule has 0 saturated heterocycles. The van der Waals surface area contributed by atoms with Crippen LogP contribution in [0.25, 0.3) is 0 Å². The van der Waals surface area contributed by atoms with E-state index in [-0.39, 0.29) is 43.7 Å². The number of aliphatic hydroxyl groups excluding tert-OH is 3. The van der Waals surface area contributed by atoms with Gasteiger partial charge in [-0.1, -0.05) is 20.8 Å². The van der Waals surface area contributed by atoms with Crippen molar-refractivity contribution in [1.29, 1.82) is 0 Å². The number of rotatable bonds is 20. The minimum Gasteiger partial charge on any atom is -0.391 e. The molecule has 0 bridgehead atoms. The monoisotopic (exact) mass is 587 g/mol. The molecule has 1 rings (SSSR count). The molecule has 0 aliphatic carbocycles. The highest BCUT2D eigenvalue weighted by atomic mass is 16.3. The summed E-state index contributed by atoms with van der Waals surface area (Å²) in [5.74, 6) is 0. The fraction of sp³-hybridized carbons (Fsp3) is 0.893. The van der Waals surface area contributed by atoms with Gasteiger partial charge in [0.2, 0.25) is 0 Å². The first-order valence-corrected chi connectivity index (χ1v) is 14.9. The molecule has 240 valence electrons. The van der Waals surface area contributed by atoms with E-state index >= 15 is 0 Å². The van der Waals surface area contributed by atoms with Crippen molar-refractivity contribution in [3.63, 3.8) is 0 Å². The molecule has 0 aliphatic rings. The molecule has 0 radical (unpaired) electrons. The second kappa shape index (κ2) is 17.9. The summed E-state index contributed by atoms with van der Waals surface area (Å²) in [4.78, 5) is 39.8. The van der Waals surface area contributed by atoms with Crippen molar-refractivity contribution in [3.05, 3.63) is 31.5 Å². The normalized spacial score (nSPS) is 14.8. The summed E-state index contributed by atoms with van der Waals surface area (Å²) in [6.45, 7) is 14.1. The largest absolute Gasteiger partial charge is 0.391 e. The maximum atomic E-state index is 13.3. The first-order valence-electron chi connectivity index (χ1n) is 14.9. The smallest absolute Gasteiger partial charge is 0.336 e. The van der Waals surface area contributed by atoms with Crippen LogP contribution in [0.2, 0.25) is 0 Å². The summed E-state index contributed by atoms with van der Waals surface area (Å²) in [7, 11) is 0. The van der Waals surface area contributed by atoms with Crippen LogP contribution in [0.5, 0.6) is 0 Å². The minimum atomic E-state index is -1.07. The van der Waals surface area contributed by atoms with Crippen LogP contribution < -0.4 is 38.8 Å². The van der Waals surface area contributed by atoms with E-state index in [4.69, 9.17) is 5.73 Å². The fourth-order valence-electron chi connectivity index (χ4n) is 4.45. The summed E-state index contributed by atoms with van der Waals surface area (Å²) < 4.78 is 2.44. The number of nitrogens with two attached hydrogens (primary N) is 1. The zero-order chi connectivity index (χ0) is 31.2. The number of nitrogens with one attached hydrogen (secondary N) is 3. The number of unbranched alkanes of at least 4 members (excludes halogenated alkanes) is 2. The van der Waals surface area contributed by atoms with E-state index in [1.807, 2.05) is 20.8 Å². The van der Waals surface area contributed by atoms with Gasteiger partial charge >= 0.3 is 17.1 Å². The Morgan fingerprint density at radius 3 is 1.44 bits per heavy atom. The molecule has 3 unspecified atom stereocenters. The van der Waals surface area contributed by atoms with E-state index in [9.17, 15) is 29.7 Å². The Morgan fingerprint density at radius 2 is 1.05 bits per heavy atom. The Kier molecular flexibility index (Phi) is 16.3. The van der Waals surface area contributed by atoms with Gasteiger partial charge in [-0.3, -0.25) is 0 Å². The van der Waals surface area contributed by atoms with Crippen molar-refractivity contribution in [1.82, 2.24) is 29.7 Å². The number of aliphatic hydroxyl groups is 3. The van der Waals surface area contributed by atoms with E-state index in [2.05, 4.69) is 36.7 Å². The van der Waals surface area contributed by atoms with Gasteiger partial charge in [-0.15, -0.1) is 0 Å². The Balaban J connectivity index is 3.03. The SMILES string of the molecule is CC(C)(C)CC(O)Cn1c(=O)n(CC(O)CNCCCCN)c(=O)n(CC(O)CNCCCCNC(C)(C)C)c1=O. The van der Waals surface area contributed by atoms with Crippen LogP contribution in [-0.2, 0) is 19.6 Å². The zero-order valence-electron chi connectivity index (χ0n) is 26.1. The van der Waals surface area contributed by atoms with E-state index in [1.165, 1.54) is 0 Å². The van der Waals surface area contributed by atoms with Crippen molar-refractivity contribution in [3.8, 4) is 0 Å². The van der Waals surface area contributed by atoms with Crippen molar-refractivity contribution in [2.75, 3.05) is 39.3 Å². The van der Waals surface area contributed by atoms with E-state index in [1.54, 1.807) is 0 Å². The van der Waals surface area contributed by atoms with Crippen molar-refractivity contribution >= 4 is 0 Å². The third-order valence-electron chi connectivity index (χ3n) is 6.42. The molecule has 41 heavy (non-hydrogen) atoms. The molecule has 0 amide bonds. The van der Waals surface area contributed by atoms with E-state index < -0.39 is 35.4 Å². The molecule has 1 heterocycles. The predicted octanol–water partition coefficient (Wildman–Crippen LogP) is -1.22. The lowest BCUT2D eigenvalue weighted by molar-refractivity contribution is 0.0972. The van der Waals surface area contributed by atoms with Gasteiger partial charge in [0.1, 0.15) is 0 Å². The number of hydrogen-bond acceptors (Lipinski definition) is 10. The molecular weight excluding hydrogens is 530 g/mol. The predicted molar refractivity (Wildman–Crippen MR) is 162 cm³/mol. The summed E-state index contributed by atoms with van der Waals surface area (Å²) in [6, 6.07) is 0. The molecule has 0 saturated carbocycles. The Labute approximate surface area is 244 Å². The van der Waals surface area contributed by atoms with Crippen LogP contribution in [0.1, 0.15) is 73.6 Å². The van der Waals surface area contributed by atoms with Crippen LogP contribution in [0, 0.1) is 5.41 Å². The fourth-order valence-corrected chi connectivity index (χ4v) is 4.45. The summed E-state index contributed by atoms with van der Waals surface area (Å²) in [5, 5.41) is 41.4. The average Bonchev–Trinajstić information content (AvgIpc) is 2.84. The van der Waals surface area contributed by atoms with Gasteiger partial charge in [-0.2, -0.15) is 0 Å². The molecule has 0 aromatic carbocycles. The number of aromatic nitrogens is 3. The molecule has 13 nitrogen and oxygen atoms in total. The van der Waals surface area contributed by atoms with E-state index in [0.717, 1.165) is 45.9 Å². The molecule has 0 aliphatic heterocycles. The van der Waals surface area contributed by atoms with Gasteiger partial charge in [0, 0.05) is 18.6 Å². The number of nitrogens with zero attached hydrogens (tertiary/aromatic N) is 3. The van der Waals surface area contributed by atoms with Crippen molar-refractivity contribution < 1.29 is 15.3 Å². The molecule has 0 fully saturated rings. The highest BCUT2D eigenvalue weighted by molar-refractivity contribution is 4.83. The highest BCUT2D eigenvalue weighted by Crippen LogP contribution is 2.20. The van der Waals surface area contributed by atoms with Crippen LogP contribution in [0.4, 0.5) is 0 Å². The van der Waals surface area contributed by atoms with Gasteiger partial charge < -0.3 is 37.0 Å². The van der Waals surface area contributed by atoms with E-state index in [0.29, 0.717) is 26.1 Å². The minimum absolute atomic E-state index is 0.0557. The van der Waals surface area contributed by atoms with Gasteiger partial charge in [0.15, 0.2) is 0 Å². The second-order valence-electron chi connectivity index (χ2n) is 13.2. The van der Waals surface area contributed by atoms with Crippen molar-refractivity contribution in [2.45, 2.75) is 117 Å². The van der Waals surface area contributed by atoms with Crippen LogP contribution in [0.3, 0.4) is 0 Å². The van der Waals surface area contributed by atoms with Gasteiger partial charge in [0.05, 0.1) is 37.9 Å². The lowest BCUT2D eigenvalue weighted by Crippen LogP contribution is -2.57. The van der Waals surface area contributed by atoms with Gasteiger partial charge in [-0.05, 0) is 84.5 Å². The molecular formula is C28H57N7O6. The molecule has 1 aromatic rings. The molecule has 8 N–H and O–H groups in total. The number of hydrogen-bond donors (Lipinski definition) is 7. The third kappa shape index (κ3) is 15.3. The van der Waals surface area contributed by atoms with Gasteiger partial charge in [0.25, 0.3) is 0 Å².